The molecular formula is C23H22N2O3S. The van der Waals surface area contributed by atoms with Crippen LogP contribution in [0.2, 0.25) is 0 Å². The van der Waals surface area contributed by atoms with Gasteiger partial charge in [0.15, 0.2) is 6.61 Å². The first-order chi connectivity index (χ1) is 13.9. The Balaban J connectivity index is 1.69. The van der Waals surface area contributed by atoms with Crippen molar-refractivity contribution < 1.29 is 14.3 Å². The molecule has 0 atom stereocenters. The predicted molar refractivity (Wildman–Crippen MR) is 116 cm³/mol. The molecule has 3 N–H and O–H groups in total. The predicted octanol–water partition coefficient (Wildman–Crippen LogP) is 4.57. The first-order valence-corrected chi connectivity index (χ1v) is 9.90. The lowest BCUT2D eigenvalue weighted by molar-refractivity contribution is -0.119. The minimum atomic E-state index is -0.600. The molecule has 0 radical (unpaired) electrons. The molecule has 0 aliphatic heterocycles. The Morgan fingerprint density at radius 1 is 1.00 bits per heavy atom. The second-order valence-electron chi connectivity index (χ2n) is 6.60. The normalized spacial score (nSPS) is 10.4. The second kappa shape index (κ2) is 9.30. The number of hydrogen-bond acceptors (Lipinski definition) is 4. The summed E-state index contributed by atoms with van der Waals surface area (Å²) in [5.41, 5.74) is 8.57. The SMILES string of the molecule is Cc1ccc(C)c(Sc2ccc(NC(=O)c3ccccc3OCC(N)=O)cc2)c1. The molecule has 29 heavy (non-hydrogen) atoms. The molecule has 0 saturated carbocycles. The summed E-state index contributed by atoms with van der Waals surface area (Å²) in [4.78, 5) is 25.9. The van der Waals surface area contributed by atoms with Crippen LogP contribution in [0.4, 0.5) is 5.69 Å². The zero-order valence-corrected chi connectivity index (χ0v) is 17.1. The fraction of sp³-hybridized carbons (Fsp3) is 0.130. The van der Waals surface area contributed by atoms with Gasteiger partial charge in [0, 0.05) is 15.5 Å². The van der Waals surface area contributed by atoms with Crippen molar-refractivity contribution >= 4 is 29.3 Å². The maximum atomic E-state index is 12.6. The number of nitrogens with two attached hydrogens (primary N) is 1. The summed E-state index contributed by atoms with van der Waals surface area (Å²) < 4.78 is 5.33. The Kier molecular flexibility index (Phi) is 6.57. The maximum absolute atomic E-state index is 12.6. The third-order valence-corrected chi connectivity index (χ3v) is 5.35. The highest BCUT2D eigenvalue weighted by atomic mass is 32.2. The van der Waals surface area contributed by atoms with Crippen molar-refractivity contribution in [1.29, 1.82) is 0 Å². The van der Waals surface area contributed by atoms with Crippen molar-refractivity contribution in [2.24, 2.45) is 5.73 Å². The molecule has 0 spiro atoms. The lowest BCUT2D eigenvalue weighted by Gasteiger charge is -2.11. The summed E-state index contributed by atoms with van der Waals surface area (Å²) in [5.74, 6) is -0.608. The van der Waals surface area contributed by atoms with E-state index in [0.29, 0.717) is 17.0 Å². The molecule has 3 aromatic carbocycles. The summed E-state index contributed by atoms with van der Waals surface area (Å²) in [6, 6.07) is 20.8. The van der Waals surface area contributed by atoms with Crippen LogP contribution in [0.15, 0.2) is 76.5 Å². The van der Waals surface area contributed by atoms with Crippen molar-refractivity contribution in [2.75, 3.05) is 11.9 Å². The molecule has 0 heterocycles. The number of amides is 2. The third-order valence-electron chi connectivity index (χ3n) is 4.19. The number of nitrogens with one attached hydrogen (secondary N) is 1. The zero-order valence-electron chi connectivity index (χ0n) is 16.3. The monoisotopic (exact) mass is 406 g/mol. The first kappa shape index (κ1) is 20.5. The largest absolute Gasteiger partial charge is 0.483 e. The van der Waals surface area contributed by atoms with E-state index in [9.17, 15) is 9.59 Å². The van der Waals surface area contributed by atoms with E-state index < -0.39 is 5.91 Å². The van der Waals surface area contributed by atoms with Crippen LogP contribution in [0.3, 0.4) is 0 Å². The van der Waals surface area contributed by atoms with E-state index in [1.54, 1.807) is 36.0 Å². The molecule has 3 aromatic rings. The Morgan fingerprint density at radius 2 is 1.72 bits per heavy atom. The number of aryl methyl sites for hydroxylation is 2. The van der Waals surface area contributed by atoms with Crippen LogP contribution >= 0.6 is 11.8 Å². The number of primary amides is 1. The highest BCUT2D eigenvalue weighted by Crippen LogP contribution is 2.31. The van der Waals surface area contributed by atoms with E-state index in [1.165, 1.54) is 16.0 Å². The second-order valence-corrected chi connectivity index (χ2v) is 7.72. The van der Waals surface area contributed by atoms with Crippen LogP contribution in [0.25, 0.3) is 0 Å². The van der Waals surface area contributed by atoms with Gasteiger partial charge in [0.05, 0.1) is 5.56 Å². The van der Waals surface area contributed by atoms with E-state index in [4.69, 9.17) is 10.5 Å². The van der Waals surface area contributed by atoms with Crippen molar-refractivity contribution in [3.05, 3.63) is 83.4 Å². The highest BCUT2D eigenvalue weighted by molar-refractivity contribution is 7.99. The lowest BCUT2D eigenvalue weighted by atomic mass is 10.2. The number of anilines is 1. The molecule has 148 valence electrons. The van der Waals surface area contributed by atoms with Gasteiger partial charge in [-0.25, -0.2) is 0 Å². The van der Waals surface area contributed by atoms with Gasteiger partial charge in [-0.05, 0) is 67.4 Å². The van der Waals surface area contributed by atoms with Crippen LogP contribution < -0.4 is 15.8 Å². The summed E-state index contributed by atoms with van der Waals surface area (Å²) in [6.07, 6.45) is 0. The van der Waals surface area contributed by atoms with E-state index in [-0.39, 0.29) is 12.5 Å². The van der Waals surface area contributed by atoms with Crippen molar-refractivity contribution in [3.8, 4) is 5.75 Å². The van der Waals surface area contributed by atoms with Crippen LogP contribution in [0, 0.1) is 13.8 Å². The number of rotatable bonds is 7. The molecule has 5 nitrogen and oxygen atoms in total. The Bertz CT molecular complexity index is 1030. The van der Waals surface area contributed by atoms with Crippen molar-refractivity contribution in [1.82, 2.24) is 0 Å². The van der Waals surface area contributed by atoms with Crippen LogP contribution in [0.1, 0.15) is 21.5 Å². The average Bonchev–Trinajstić information content (AvgIpc) is 2.71. The summed E-state index contributed by atoms with van der Waals surface area (Å²) in [6.45, 7) is 3.88. The number of para-hydroxylation sites is 1. The van der Waals surface area contributed by atoms with Crippen LogP contribution in [-0.4, -0.2) is 18.4 Å². The molecule has 0 saturated heterocycles. The van der Waals surface area contributed by atoms with E-state index in [0.717, 1.165) is 4.90 Å². The number of benzene rings is 3. The fourth-order valence-electron chi connectivity index (χ4n) is 2.68. The van der Waals surface area contributed by atoms with Crippen molar-refractivity contribution in [3.63, 3.8) is 0 Å². The number of hydrogen-bond donors (Lipinski definition) is 2. The van der Waals surface area contributed by atoms with Gasteiger partial charge < -0.3 is 15.8 Å². The molecule has 0 aromatic heterocycles. The molecular weight excluding hydrogens is 384 g/mol. The minimum absolute atomic E-state index is 0.283. The lowest BCUT2D eigenvalue weighted by Crippen LogP contribution is -2.21. The molecule has 0 bridgehead atoms. The van der Waals surface area contributed by atoms with Gasteiger partial charge >= 0.3 is 0 Å². The maximum Gasteiger partial charge on any atom is 0.259 e. The molecule has 0 aliphatic rings. The smallest absolute Gasteiger partial charge is 0.259 e. The van der Waals surface area contributed by atoms with Crippen molar-refractivity contribution in [2.45, 2.75) is 23.6 Å². The van der Waals surface area contributed by atoms with E-state index in [2.05, 4.69) is 37.4 Å². The van der Waals surface area contributed by atoms with Crippen LogP contribution in [-0.2, 0) is 4.79 Å². The van der Waals surface area contributed by atoms with Gasteiger partial charge in [-0.3, -0.25) is 9.59 Å². The van der Waals surface area contributed by atoms with E-state index in [1.807, 2.05) is 24.3 Å². The zero-order chi connectivity index (χ0) is 20.8. The fourth-order valence-corrected chi connectivity index (χ4v) is 3.68. The number of ether oxygens (including phenoxy) is 1. The topological polar surface area (TPSA) is 81.4 Å². The van der Waals surface area contributed by atoms with Gasteiger partial charge in [-0.15, -0.1) is 0 Å². The van der Waals surface area contributed by atoms with Gasteiger partial charge in [0.2, 0.25) is 0 Å². The molecule has 0 aliphatic carbocycles. The Morgan fingerprint density at radius 3 is 2.45 bits per heavy atom. The summed E-state index contributed by atoms with van der Waals surface area (Å²) in [7, 11) is 0. The molecule has 0 unspecified atom stereocenters. The minimum Gasteiger partial charge on any atom is -0.483 e. The number of carbonyl (C=O) groups excluding carboxylic acids is 2. The molecule has 2 amide bonds. The van der Waals surface area contributed by atoms with Gasteiger partial charge in [-0.1, -0.05) is 36.0 Å². The number of carbonyl (C=O) groups is 2. The quantitative estimate of drug-likeness (QED) is 0.602. The third kappa shape index (κ3) is 5.62. The summed E-state index contributed by atoms with van der Waals surface area (Å²) >= 11 is 1.69. The standard InChI is InChI=1S/C23H22N2O3S/c1-15-7-8-16(2)21(13-15)29-18-11-9-17(10-12-18)25-23(27)19-5-3-4-6-20(19)28-14-22(24)26/h3-13H,14H2,1-2H3,(H2,24,26)(H,25,27). The average molecular weight is 407 g/mol. The Hall–Kier alpha value is -3.25. The first-order valence-electron chi connectivity index (χ1n) is 9.09. The van der Waals surface area contributed by atoms with Gasteiger partial charge in [0.25, 0.3) is 11.8 Å². The Labute approximate surface area is 174 Å². The molecule has 3 rings (SSSR count). The van der Waals surface area contributed by atoms with Gasteiger partial charge in [0.1, 0.15) is 5.75 Å². The molecule has 6 heteroatoms. The van der Waals surface area contributed by atoms with E-state index >= 15 is 0 Å². The van der Waals surface area contributed by atoms with Gasteiger partial charge in [-0.2, -0.15) is 0 Å². The van der Waals surface area contributed by atoms with Crippen LogP contribution in [0.5, 0.6) is 5.75 Å². The highest BCUT2D eigenvalue weighted by Gasteiger charge is 2.13. The summed E-state index contributed by atoms with van der Waals surface area (Å²) in [5, 5.41) is 2.85. The molecule has 0 fully saturated rings.